The van der Waals surface area contributed by atoms with E-state index in [0.29, 0.717) is 11.8 Å². The lowest BCUT2D eigenvalue weighted by atomic mass is 9.47. The van der Waals surface area contributed by atoms with Crippen molar-refractivity contribution >= 4 is 81.1 Å². The maximum Gasteiger partial charge on any atom is 0.0584 e. The standard InChI is InChI=1S/C56H44N2S/c1-35-30-39-14-11-15-40(31-35)56(39)48-19-6-8-21-52(48)58-51-20-7-4-17-44(51)47-33-42(34-49(56)55(47)58)57(50-22-10-13-37-12-2-3-16-43(37)50)41-27-24-36(25-28-41)38-26-29-46-45-18-5-9-23-53(45)59-54(46)32-38/h2-10,12-13,16-29,32-35,39-40H,11,14-15,30-31H2,1H3/t35?,39-,40+,56?. The van der Waals surface area contributed by atoms with E-state index in [1.807, 2.05) is 11.3 Å². The number of rotatable bonds is 4. The first-order valence-electron chi connectivity index (χ1n) is 21.6. The van der Waals surface area contributed by atoms with Crippen molar-refractivity contribution in [2.75, 3.05) is 4.90 Å². The second kappa shape index (κ2) is 12.7. The molecule has 59 heavy (non-hydrogen) atoms. The smallest absolute Gasteiger partial charge is 0.0584 e. The van der Waals surface area contributed by atoms with Crippen molar-refractivity contribution in [1.82, 2.24) is 4.57 Å². The molecule has 0 saturated heterocycles. The molecule has 2 unspecified atom stereocenters. The van der Waals surface area contributed by atoms with E-state index in [2.05, 4.69) is 186 Å². The van der Waals surface area contributed by atoms with Crippen LogP contribution in [0, 0.1) is 17.8 Å². The molecule has 10 aromatic rings. The van der Waals surface area contributed by atoms with Crippen molar-refractivity contribution in [3.8, 4) is 16.8 Å². The Morgan fingerprint density at radius 1 is 0.542 bits per heavy atom. The molecule has 0 radical (unpaired) electrons. The van der Waals surface area contributed by atoms with Gasteiger partial charge in [0.2, 0.25) is 0 Å². The fraction of sp³-hybridized carbons (Fsp3) is 0.179. The molecular formula is C56H44N2S. The molecule has 2 fully saturated rings. The van der Waals surface area contributed by atoms with Crippen LogP contribution in [-0.4, -0.2) is 4.57 Å². The van der Waals surface area contributed by atoms with Crippen LogP contribution in [0.5, 0.6) is 0 Å². The summed E-state index contributed by atoms with van der Waals surface area (Å²) < 4.78 is 5.31. The quantitative estimate of drug-likeness (QED) is 0.173. The minimum absolute atomic E-state index is 0.0283. The molecule has 4 atom stereocenters. The van der Waals surface area contributed by atoms with Crippen LogP contribution in [0.1, 0.15) is 50.2 Å². The number of anilines is 3. The van der Waals surface area contributed by atoms with Crippen LogP contribution in [0.25, 0.3) is 69.6 Å². The molecule has 1 spiro atoms. The normalized spacial score (nSPS) is 20.9. The van der Waals surface area contributed by atoms with E-state index in [9.17, 15) is 0 Å². The number of benzene rings is 8. The summed E-state index contributed by atoms with van der Waals surface area (Å²) in [6.45, 7) is 2.52. The summed E-state index contributed by atoms with van der Waals surface area (Å²) in [6.07, 6.45) is 6.51. The Balaban J connectivity index is 1.07. The number of nitrogens with zero attached hydrogens (tertiary/aromatic N) is 2. The van der Waals surface area contributed by atoms with Crippen LogP contribution in [0.15, 0.2) is 170 Å². The molecule has 3 heteroatoms. The van der Waals surface area contributed by atoms with Crippen LogP contribution in [0.4, 0.5) is 17.1 Å². The summed E-state index contributed by atoms with van der Waals surface area (Å²) in [5, 5.41) is 7.88. The highest BCUT2D eigenvalue weighted by Gasteiger charge is 2.56. The number of hydrogen-bond donors (Lipinski definition) is 0. The second-order valence-corrected chi connectivity index (χ2v) is 18.8. The first-order chi connectivity index (χ1) is 29.1. The Bertz CT molecular complexity index is 3290. The molecule has 0 amide bonds. The van der Waals surface area contributed by atoms with Gasteiger partial charge in [0.25, 0.3) is 0 Å². The Hall–Kier alpha value is -6.16. The van der Waals surface area contributed by atoms with Crippen LogP contribution in [-0.2, 0) is 5.41 Å². The third kappa shape index (κ3) is 4.74. The fourth-order valence-electron chi connectivity index (χ4n) is 12.4. The molecular weight excluding hydrogens is 733 g/mol. The van der Waals surface area contributed by atoms with E-state index in [4.69, 9.17) is 0 Å². The summed E-state index contributed by atoms with van der Waals surface area (Å²) in [7, 11) is 0. The first kappa shape index (κ1) is 33.8. The van der Waals surface area contributed by atoms with Gasteiger partial charge < -0.3 is 9.47 Å². The molecule has 3 aliphatic rings. The third-order valence-corrected chi connectivity index (χ3v) is 15.8. The summed E-state index contributed by atoms with van der Waals surface area (Å²) in [5.41, 5.74) is 13.3. The molecule has 8 aromatic carbocycles. The number of aromatic nitrogens is 1. The largest absolute Gasteiger partial charge is 0.310 e. The van der Waals surface area contributed by atoms with Crippen LogP contribution < -0.4 is 4.90 Å². The topological polar surface area (TPSA) is 8.17 Å². The van der Waals surface area contributed by atoms with Gasteiger partial charge in [-0.1, -0.05) is 129 Å². The summed E-state index contributed by atoms with van der Waals surface area (Å²) in [4.78, 5) is 2.57. The van der Waals surface area contributed by atoms with Gasteiger partial charge in [0.15, 0.2) is 0 Å². The Kier molecular flexibility index (Phi) is 7.25. The van der Waals surface area contributed by atoms with Gasteiger partial charge in [-0.25, -0.2) is 0 Å². The van der Waals surface area contributed by atoms with Gasteiger partial charge in [0.1, 0.15) is 0 Å². The third-order valence-electron chi connectivity index (χ3n) is 14.7. The fourth-order valence-corrected chi connectivity index (χ4v) is 13.6. The van der Waals surface area contributed by atoms with Gasteiger partial charge in [-0.05, 0) is 126 Å². The second-order valence-electron chi connectivity index (χ2n) is 17.7. The number of para-hydroxylation sites is 2. The molecule has 2 aliphatic carbocycles. The van der Waals surface area contributed by atoms with Crippen molar-refractivity contribution in [3.63, 3.8) is 0 Å². The van der Waals surface area contributed by atoms with Gasteiger partial charge in [-0.15, -0.1) is 11.3 Å². The van der Waals surface area contributed by atoms with Crippen molar-refractivity contribution in [3.05, 3.63) is 181 Å². The molecule has 284 valence electrons. The Morgan fingerprint density at radius 2 is 1.24 bits per heavy atom. The van der Waals surface area contributed by atoms with Crippen LogP contribution in [0.3, 0.4) is 0 Å². The number of hydrogen-bond acceptors (Lipinski definition) is 2. The molecule has 2 bridgehead atoms. The van der Waals surface area contributed by atoms with Gasteiger partial charge in [0.05, 0.1) is 22.4 Å². The van der Waals surface area contributed by atoms with Crippen molar-refractivity contribution in [2.24, 2.45) is 17.8 Å². The number of fused-ring (bicyclic) bond motifs is 9. The van der Waals surface area contributed by atoms with Gasteiger partial charge >= 0.3 is 0 Å². The van der Waals surface area contributed by atoms with E-state index in [1.54, 1.807) is 11.1 Å². The number of thiophene rings is 1. The van der Waals surface area contributed by atoms with E-state index in [1.165, 1.54) is 119 Å². The van der Waals surface area contributed by atoms with Crippen LogP contribution >= 0.6 is 11.3 Å². The van der Waals surface area contributed by atoms with E-state index in [-0.39, 0.29) is 5.41 Å². The average molecular weight is 777 g/mol. The lowest BCUT2D eigenvalue weighted by Crippen LogP contribution is -2.52. The Labute approximate surface area is 349 Å². The van der Waals surface area contributed by atoms with Gasteiger partial charge in [-0.2, -0.15) is 0 Å². The molecule has 2 aromatic heterocycles. The van der Waals surface area contributed by atoms with Gasteiger partial charge in [-0.3, -0.25) is 0 Å². The lowest BCUT2D eigenvalue weighted by Gasteiger charge is -2.57. The molecule has 2 nitrogen and oxygen atoms in total. The predicted molar refractivity (Wildman–Crippen MR) is 251 cm³/mol. The molecule has 13 rings (SSSR count). The zero-order chi connectivity index (χ0) is 38.8. The highest BCUT2D eigenvalue weighted by molar-refractivity contribution is 7.25. The minimum Gasteiger partial charge on any atom is -0.310 e. The monoisotopic (exact) mass is 776 g/mol. The summed E-state index contributed by atoms with van der Waals surface area (Å²) in [6, 6.07) is 64.7. The lowest BCUT2D eigenvalue weighted by molar-refractivity contribution is 0.0533. The summed E-state index contributed by atoms with van der Waals surface area (Å²) >= 11 is 1.89. The van der Waals surface area contributed by atoms with E-state index in [0.717, 1.165) is 5.92 Å². The van der Waals surface area contributed by atoms with Crippen LogP contribution in [0.2, 0.25) is 0 Å². The maximum atomic E-state index is 2.65. The van der Waals surface area contributed by atoms with E-state index < -0.39 is 0 Å². The Morgan fingerprint density at radius 3 is 2.10 bits per heavy atom. The van der Waals surface area contributed by atoms with Gasteiger partial charge in [0, 0.05) is 53.1 Å². The minimum atomic E-state index is -0.0283. The van der Waals surface area contributed by atoms with Crippen molar-refractivity contribution in [1.29, 1.82) is 0 Å². The predicted octanol–water partition coefficient (Wildman–Crippen LogP) is 15.9. The SMILES string of the molecule is CC1C[C@H]2CCC[C@@H](C1)C21c2ccccc2-n2c3ccccc3c3cc(N(c4ccc(-c5ccc6c(c5)sc5ccccc56)cc4)c4cccc5ccccc45)cc1c32. The first-order valence-corrected chi connectivity index (χ1v) is 22.4. The molecule has 1 aliphatic heterocycles. The van der Waals surface area contributed by atoms with E-state index >= 15 is 0 Å². The molecule has 3 heterocycles. The molecule has 0 N–H and O–H groups in total. The zero-order valence-electron chi connectivity index (χ0n) is 33.2. The average Bonchev–Trinajstić information content (AvgIpc) is 3.82. The summed E-state index contributed by atoms with van der Waals surface area (Å²) in [5.74, 6) is 1.97. The highest BCUT2D eigenvalue weighted by atomic mass is 32.1. The zero-order valence-corrected chi connectivity index (χ0v) is 34.1. The van der Waals surface area contributed by atoms with Crippen molar-refractivity contribution < 1.29 is 0 Å². The molecule has 2 saturated carbocycles. The highest BCUT2D eigenvalue weighted by Crippen LogP contribution is 2.64. The maximum absolute atomic E-state index is 2.65. The van der Waals surface area contributed by atoms with Crippen molar-refractivity contribution in [2.45, 2.75) is 44.4 Å².